The first-order chi connectivity index (χ1) is 49.5. The molecule has 34 nitrogen and oxygen atoms in total. The first-order valence-corrected chi connectivity index (χ1v) is 36.5. The van der Waals surface area contributed by atoms with Gasteiger partial charge < -0.3 is 102 Å². The molecule has 2 aliphatic rings. The second kappa shape index (κ2) is 41.0. The Kier molecular flexibility index (Phi) is 32.5. The Balaban J connectivity index is 1.41. The van der Waals surface area contributed by atoms with E-state index >= 15 is 4.79 Å². The lowest BCUT2D eigenvalue weighted by molar-refractivity contribution is -0.139. The van der Waals surface area contributed by atoms with E-state index < -0.39 is 188 Å². The Hall–Kier alpha value is -10.5. The fraction of sp³-hybridized carbons (Fsp3) is 0.485. The number of carboxylic acid groups (broad SMARTS) is 1. The van der Waals surface area contributed by atoms with E-state index in [0.29, 0.717) is 34.0 Å². The number of phenolic OH excluding ortho intramolecular Hbond substituents is 1. The van der Waals surface area contributed by atoms with Crippen LogP contribution < -0.4 is 81.8 Å². The molecule has 2 saturated heterocycles. The molecule has 10 atom stereocenters. The van der Waals surface area contributed by atoms with Gasteiger partial charge >= 0.3 is 5.97 Å². The van der Waals surface area contributed by atoms with Crippen molar-refractivity contribution in [3.63, 3.8) is 0 Å². The predicted molar refractivity (Wildman–Crippen MR) is 386 cm³/mol. The zero-order valence-corrected chi connectivity index (χ0v) is 59.6. The summed E-state index contributed by atoms with van der Waals surface area (Å²) in [6.07, 6.45) is -1.11. The molecule has 23 N–H and O–H groups in total. The largest absolute Gasteiger partial charge is 0.508 e. The predicted octanol–water partition coefficient (Wildman–Crippen LogP) is -2.86. The number of aromatic hydroxyl groups is 1. The number of aliphatic carboxylic acids is 1. The van der Waals surface area contributed by atoms with Crippen LogP contribution in [-0.2, 0) is 86.4 Å². The molecule has 36 heteroatoms. The number of nitrogens with zero attached hydrogens (tertiary/aromatic N) is 2. The Labute approximate surface area is 607 Å². The number of aromatic amines is 1. The molecule has 564 valence electrons. The highest BCUT2D eigenvalue weighted by molar-refractivity contribution is 8.76. The number of carbonyl (C=O) groups excluding carboxylic acids is 13. The number of aryl methyl sites for hydroxylation is 1. The third kappa shape index (κ3) is 26.4. The molecular formula is C68H94N18O16S2. The van der Waals surface area contributed by atoms with E-state index in [2.05, 4.69) is 63.1 Å². The normalized spacial score (nSPS) is 22.2. The van der Waals surface area contributed by atoms with Crippen LogP contribution >= 0.6 is 21.6 Å². The van der Waals surface area contributed by atoms with Gasteiger partial charge in [-0.15, -0.1) is 0 Å². The number of hydrogen-bond donors (Lipinski definition) is 18. The maximum atomic E-state index is 15.0. The molecule has 2 fully saturated rings. The van der Waals surface area contributed by atoms with Crippen LogP contribution in [0.2, 0.25) is 0 Å². The number of nitrogens with one attached hydrogen (secondary N) is 11. The second-order valence-electron chi connectivity index (χ2n) is 25.6. The number of hydrogen-bond acceptors (Lipinski definition) is 19. The van der Waals surface area contributed by atoms with Gasteiger partial charge in [-0.25, -0.2) is 0 Å². The van der Waals surface area contributed by atoms with E-state index in [4.69, 9.17) is 28.7 Å². The summed E-state index contributed by atoms with van der Waals surface area (Å²) in [5.41, 5.74) is 31.2. The minimum atomic E-state index is -1.74. The zero-order chi connectivity index (χ0) is 76.2. The van der Waals surface area contributed by atoms with Crippen molar-refractivity contribution in [1.82, 2.24) is 63.1 Å². The topological polar surface area (TPSA) is 561 Å². The molecule has 0 aliphatic carbocycles. The van der Waals surface area contributed by atoms with E-state index in [0.717, 1.165) is 27.2 Å². The smallest absolute Gasteiger partial charge is 0.303 e. The molecule has 0 unspecified atom stereocenters. The van der Waals surface area contributed by atoms with Gasteiger partial charge in [0.25, 0.3) is 0 Å². The van der Waals surface area contributed by atoms with Crippen LogP contribution in [0.25, 0.3) is 10.9 Å². The van der Waals surface area contributed by atoms with E-state index in [1.54, 1.807) is 68.6 Å². The van der Waals surface area contributed by atoms with E-state index in [1.165, 1.54) is 29.2 Å². The number of guanidine groups is 1. The van der Waals surface area contributed by atoms with E-state index in [1.807, 2.05) is 6.92 Å². The van der Waals surface area contributed by atoms with Crippen molar-refractivity contribution in [3.05, 3.63) is 101 Å². The molecular weight excluding hydrogens is 1390 g/mol. The van der Waals surface area contributed by atoms with Crippen LogP contribution in [-0.4, -0.2) is 207 Å². The molecule has 1 aromatic heterocycles. The zero-order valence-electron chi connectivity index (χ0n) is 58.0. The average Bonchev–Trinajstić information content (AvgIpc) is 1.64. The fourth-order valence-corrected chi connectivity index (χ4v) is 13.8. The Morgan fingerprint density at radius 2 is 1.28 bits per heavy atom. The number of para-hydroxylation sites is 1. The van der Waals surface area contributed by atoms with Crippen molar-refractivity contribution < 1.29 is 77.3 Å². The molecule has 4 aromatic rings. The van der Waals surface area contributed by atoms with Gasteiger partial charge in [0, 0.05) is 99.7 Å². The van der Waals surface area contributed by atoms with Crippen LogP contribution in [0.5, 0.6) is 5.75 Å². The number of benzene rings is 3. The molecule has 2 aliphatic heterocycles. The average molecular weight is 1480 g/mol. The fourth-order valence-electron chi connectivity index (χ4n) is 11.4. The molecule has 3 heterocycles. The van der Waals surface area contributed by atoms with Crippen LogP contribution in [0.4, 0.5) is 0 Å². The van der Waals surface area contributed by atoms with Crippen LogP contribution in [0, 0.1) is 12.8 Å². The highest BCUT2D eigenvalue weighted by Gasteiger charge is 2.39. The van der Waals surface area contributed by atoms with Crippen LogP contribution in [0.15, 0.2) is 84.0 Å². The minimum Gasteiger partial charge on any atom is -0.508 e. The summed E-state index contributed by atoms with van der Waals surface area (Å²) < 4.78 is 0. The molecule has 104 heavy (non-hydrogen) atoms. The number of aliphatic imine (C=N–C) groups is 1. The van der Waals surface area contributed by atoms with Gasteiger partial charge in [0.15, 0.2) is 5.96 Å². The van der Waals surface area contributed by atoms with E-state index in [9.17, 15) is 72.5 Å². The maximum Gasteiger partial charge on any atom is 0.303 e. The van der Waals surface area contributed by atoms with Crippen molar-refractivity contribution in [3.8, 4) is 5.75 Å². The standard InChI is InChI=1S/C68H94N18O16S2/c1-36(2)57-67(102)82-48(30-38-14-12-37(3)13-15-38)62(97)78-44(10-6-27-75-68(72)73)59(94)74-28-25-54(89)77-45(20-22-53(70)88)60(95)80-49(32-40-33-76-43-9-5-4-8-42(40)43)64(99)79-46(21-23-56(91)92)61(96)83-50(58(71)93)34-103-104-35-51(65(100)85-57)84-63(98)47(31-39-16-18-41(87)19-17-39)81-66(101)52-11-7-29-86(52)55(90)24-26-69/h4-5,8-9,12-19,33,36,44-52,57,76,87H,6-7,10-11,20-32,34-35,69H2,1-3H3,(H2,70,88)(H2,71,93)(H,74,94)(H,77,89)(H,78,97)(H,79,99)(H,80,95)(H,81,101)(H,82,102)(H,83,96)(H,84,98)(H,85,100)(H,91,92)(H4,72,73,75)/t44-,45-,46-,47-,48-,49-,50+,51-,52-,57-/m0/s1. The van der Waals surface area contributed by atoms with Gasteiger partial charge in [0.05, 0.1) is 0 Å². The Morgan fingerprint density at radius 3 is 1.93 bits per heavy atom. The highest BCUT2D eigenvalue weighted by atomic mass is 33.1. The van der Waals surface area contributed by atoms with Crippen molar-refractivity contribution in [1.29, 1.82) is 0 Å². The SMILES string of the molecule is Cc1ccc(C[C@@H]2NC(=O)[C@H](C(C)C)NC(=O)[C@@H](NC(=O)[C@H](Cc3ccc(O)cc3)NC(=O)[C@@H]3CCCN3C(=O)CCN)CSSC[C@H](C(N)=O)NC(=O)[C@H](CCC(=O)O)NC(=O)[C@H](Cc3c[nH]c4ccccc34)NC(=O)[C@H](CCC(N)=O)NC(=O)CCNC(=O)[C@H](CCCN=C(N)N)NC2=O)cc1. The molecule has 6 rings (SSSR count). The summed E-state index contributed by atoms with van der Waals surface area (Å²) >= 11 is 0. The quantitative estimate of drug-likeness (QED) is 0.0145. The first kappa shape index (κ1) is 82.5. The van der Waals surface area contributed by atoms with Crippen molar-refractivity contribution in [2.45, 2.75) is 165 Å². The molecule has 3 aromatic carbocycles. The molecule has 0 spiro atoms. The molecule has 0 bridgehead atoms. The second-order valence-corrected chi connectivity index (χ2v) is 28.1. The van der Waals surface area contributed by atoms with Crippen molar-refractivity contribution in [2.24, 2.45) is 39.6 Å². The van der Waals surface area contributed by atoms with E-state index in [-0.39, 0.29) is 87.9 Å². The Bertz CT molecular complexity index is 3740. The summed E-state index contributed by atoms with van der Waals surface area (Å²) in [7, 11) is 1.72. The lowest BCUT2D eigenvalue weighted by atomic mass is 9.99. The lowest BCUT2D eigenvalue weighted by Crippen LogP contribution is -2.61. The van der Waals surface area contributed by atoms with Gasteiger partial charge in [-0.3, -0.25) is 72.1 Å². The monoisotopic (exact) mass is 1480 g/mol. The third-order valence-electron chi connectivity index (χ3n) is 17.1. The maximum absolute atomic E-state index is 15.0. The number of primary amides is 2. The molecule has 0 saturated carbocycles. The first-order valence-electron chi connectivity index (χ1n) is 34.0. The lowest BCUT2D eigenvalue weighted by Gasteiger charge is -2.29. The number of phenols is 1. The number of aromatic nitrogens is 1. The summed E-state index contributed by atoms with van der Waals surface area (Å²) in [6, 6.07) is 4.66. The number of H-pyrrole nitrogens is 1. The summed E-state index contributed by atoms with van der Waals surface area (Å²) in [4.78, 5) is 205. The van der Waals surface area contributed by atoms with Crippen LogP contribution in [0.1, 0.15) is 100 Å². The number of amides is 13. The minimum absolute atomic E-state index is 0.000611. The van der Waals surface area contributed by atoms with Crippen molar-refractivity contribution >= 4 is 121 Å². The van der Waals surface area contributed by atoms with Crippen molar-refractivity contribution in [2.75, 3.05) is 37.7 Å². The van der Waals surface area contributed by atoms with Crippen LogP contribution in [0.3, 0.4) is 0 Å². The number of carboxylic acids is 1. The summed E-state index contributed by atoms with van der Waals surface area (Å²) in [5, 5.41) is 46.9. The van der Waals surface area contributed by atoms with Gasteiger partial charge in [0.1, 0.15) is 66.2 Å². The number of likely N-dealkylation sites (tertiary alicyclic amines) is 1. The highest BCUT2D eigenvalue weighted by Crippen LogP contribution is 2.25. The number of nitrogens with two attached hydrogens (primary N) is 5. The number of rotatable bonds is 24. The van der Waals surface area contributed by atoms with Gasteiger partial charge in [-0.1, -0.05) is 95.6 Å². The molecule has 13 amide bonds. The van der Waals surface area contributed by atoms with Gasteiger partial charge in [0.2, 0.25) is 76.8 Å². The Morgan fingerprint density at radius 1 is 0.673 bits per heavy atom. The number of carbonyl (C=O) groups is 14. The van der Waals surface area contributed by atoms with Gasteiger partial charge in [-0.05, 0) is 86.3 Å². The summed E-state index contributed by atoms with van der Waals surface area (Å²) in [5.74, 6) is -14.9. The van der Waals surface area contributed by atoms with Gasteiger partial charge in [-0.2, -0.15) is 0 Å². The number of fused-ring (bicyclic) bond motifs is 1. The third-order valence-corrected chi connectivity index (χ3v) is 19.5. The summed E-state index contributed by atoms with van der Waals surface area (Å²) in [6.45, 7) is 4.85. The molecule has 0 radical (unpaired) electrons.